The smallest absolute Gasteiger partial charge is 0.189 e. The van der Waals surface area contributed by atoms with E-state index in [1.807, 2.05) is 0 Å². The summed E-state index contributed by atoms with van der Waals surface area (Å²) in [5.41, 5.74) is 0.814. The predicted molar refractivity (Wildman–Crippen MR) is 82.7 cm³/mol. The molecule has 0 spiro atoms. The number of rotatable bonds is 5. The summed E-state index contributed by atoms with van der Waals surface area (Å²) in [5.74, 6) is 0.320. The Hall–Kier alpha value is -2.95. The van der Waals surface area contributed by atoms with Gasteiger partial charge in [0, 0.05) is 6.07 Å². The Labute approximate surface area is 128 Å². The van der Waals surface area contributed by atoms with Crippen molar-refractivity contribution in [2.75, 3.05) is 14.2 Å². The summed E-state index contributed by atoms with van der Waals surface area (Å²) < 4.78 is 9.91. The van der Waals surface area contributed by atoms with Crippen LogP contribution in [0.4, 0.5) is 0 Å². The summed E-state index contributed by atoms with van der Waals surface area (Å²) in [6, 6.07) is 9.25. The molecule has 22 heavy (non-hydrogen) atoms. The van der Waals surface area contributed by atoms with Crippen molar-refractivity contribution in [2.24, 2.45) is 0 Å². The molecule has 2 aromatic carbocycles. The van der Waals surface area contributed by atoms with Crippen LogP contribution < -0.4 is 9.47 Å². The van der Waals surface area contributed by atoms with Gasteiger partial charge < -0.3 is 19.7 Å². The highest BCUT2D eigenvalue weighted by molar-refractivity contribution is 6.08. The lowest BCUT2D eigenvalue weighted by Crippen LogP contribution is -1.95. The Morgan fingerprint density at radius 2 is 1.77 bits per heavy atom. The number of carbonyl (C=O) groups excluding carboxylic acids is 1. The van der Waals surface area contributed by atoms with Gasteiger partial charge in [-0.1, -0.05) is 12.1 Å². The standard InChI is InChI=1S/C17H16O5/c1-21-12-5-6-13(15(19)10-12)14(18)7-3-11-4-8-17(22-2)16(20)9-11/h3-10,19-20H,1-2H3/b7-3+. The van der Waals surface area contributed by atoms with Crippen LogP contribution in [0, 0.1) is 0 Å². The lowest BCUT2D eigenvalue weighted by atomic mass is 10.1. The fourth-order valence-corrected chi connectivity index (χ4v) is 1.92. The first-order chi connectivity index (χ1) is 10.5. The van der Waals surface area contributed by atoms with Crippen LogP contribution in [0.3, 0.4) is 0 Å². The summed E-state index contributed by atoms with van der Waals surface area (Å²) in [6.07, 6.45) is 2.87. The maximum absolute atomic E-state index is 12.1. The highest BCUT2D eigenvalue weighted by Gasteiger charge is 2.09. The van der Waals surface area contributed by atoms with Gasteiger partial charge in [-0.15, -0.1) is 0 Å². The third-order valence-corrected chi connectivity index (χ3v) is 3.10. The van der Waals surface area contributed by atoms with Crippen molar-refractivity contribution in [2.45, 2.75) is 0 Å². The molecule has 0 unspecified atom stereocenters. The second-order valence-corrected chi connectivity index (χ2v) is 4.51. The van der Waals surface area contributed by atoms with E-state index in [4.69, 9.17) is 9.47 Å². The summed E-state index contributed by atoms with van der Waals surface area (Å²) in [6.45, 7) is 0. The van der Waals surface area contributed by atoms with Crippen molar-refractivity contribution in [3.8, 4) is 23.0 Å². The molecule has 0 saturated heterocycles. The molecule has 0 radical (unpaired) electrons. The molecule has 2 N–H and O–H groups in total. The molecule has 0 aliphatic rings. The zero-order valence-electron chi connectivity index (χ0n) is 12.2. The SMILES string of the molecule is COc1ccc(C(=O)/C=C/c2ccc(OC)c(O)c2)c(O)c1. The Morgan fingerprint density at radius 1 is 1.00 bits per heavy atom. The van der Waals surface area contributed by atoms with Crippen LogP contribution in [0.15, 0.2) is 42.5 Å². The quantitative estimate of drug-likeness (QED) is 0.655. The summed E-state index contributed by atoms with van der Waals surface area (Å²) in [4.78, 5) is 12.1. The fraction of sp³-hybridized carbons (Fsp3) is 0.118. The number of allylic oxidation sites excluding steroid dienone is 1. The third-order valence-electron chi connectivity index (χ3n) is 3.10. The molecule has 0 saturated carbocycles. The van der Waals surface area contributed by atoms with Gasteiger partial charge in [-0.2, -0.15) is 0 Å². The number of carbonyl (C=O) groups is 1. The van der Waals surface area contributed by atoms with Gasteiger partial charge in [0.15, 0.2) is 17.3 Å². The minimum atomic E-state index is -0.351. The van der Waals surface area contributed by atoms with Gasteiger partial charge in [0.25, 0.3) is 0 Å². The molecule has 5 nitrogen and oxygen atoms in total. The number of ether oxygens (including phenoxy) is 2. The average molecular weight is 300 g/mol. The number of benzene rings is 2. The van der Waals surface area contributed by atoms with Crippen LogP contribution >= 0.6 is 0 Å². The number of methoxy groups -OCH3 is 2. The number of phenolic OH excluding ortho intramolecular Hbond substituents is 2. The maximum Gasteiger partial charge on any atom is 0.189 e. The molecule has 114 valence electrons. The van der Waals surface area contributed by atoms with Crippen molar-refractivity contribution in [1.29, 1.82) is 0 Å². The molecule has 5 heteroatoms. The topological polar surface area (TPSA) is 76.0 Å². The molecule has 0 heterocycles. The van der Waals surface area contributed by atoms with Gasteiger partial charge in [-0.05, 0) is 35.9 Å². The zero-order valence-corrected chi connectivity index (χ0v) is 12.2. The normalized spacial score (nSPS) is 10.6. The van der Waals surface area contributed by atoms with Crippen LogP contribution in [-0.2, 0) is 0 Å². The van der Waals surface area contributed by atoms with E-state index in [1.54, 1.807) is 24.3 Å². The van der Waals surface area contributed by atoms with E-state index in [1.165, 1.54) is 38.5 Å². The first-order valence-corrected chi connectivity index (χ1v) is 6.51. The molecule has 0 aliphatic heterocycles. The third kappa shape index (κ3) is 3.38. The largest absolute Gasteiger partial charge is 0.507 e. The van der Waals surface area contributed by atoms with Crippen molar-refractivity contribution in [3.63, 3.8) is 0 Å². The summed E-state index contributed by atoms with van der Waals surface area (Å²) in [5, 5.41) is 19.5. The van der Waals surface area contributed by atoms with E-state index in [0.717, 1.165) is 0 Å². The monoisotopic (exact) mass is 300 g/mol. The van der Waals surface area contributed by atoms with Crippen molar-refractivity contribution < 1.29 is 24.5 Å². The van der Waals surface area contributed by atoms with Crippen LogP contribution in [0.2, 0.25) is 0 Å². The summed E-state index contributed by atoms with van der Waals surface area (Å²) in [7, 11) is 2.94. The summed E-state index contributed by atoms with van der Waals surface area (Å²) >= 11 is 0. The van der Waals surface area contributed by atoms with E-state index < -0.39 is 0 Å². The number of ketones is 1. The maximum atomic E-state index is 12.1. The minimum absolute atomic E-state index is 0.00982. The zero-order chi connectivity index (χ0) is 16.1. The Morgan fingerprint density at radius 3 is 2.36 bits per heavy atom. The van der Waals surface area contributed by atoms with Crippen LogP contribution in [-0.4, -0.2) is 30.2 Å². The number of phenols is 2. The highest BCUT2D eigenvalue weighted by atomic mass is 16.5. The molecular formula is C17H16O5. The highest BCUT2D eigenvalue weighted by Crippen LogP contribution is 2.27. The van der Waals surface area contributed by atoms with Gasteiger partial charge in [0.1, 0.15) is 11.5 Å². The average Bonchev–Trinajstić information content (AvgIpc) is 2.52. The second-order valence-electron chi connectivity index (χ2n) is 4.51. The van der Waals surface area contributed by atoms with Crippen molar-refractivity contribution in [3.05, 3.63) is 53.6 Å². The van der Waals surface area contributed by atoms with Gasteiger partial charge in [0.05, 0.1) is 19.8 Å². The van der Waals surface area contributed by atoms with Crippen LogP contribution in [0.5, 0.6) is 23.0 Å². The molecule has 0 aromatic heterocycles. The van der Waals surface area contributed by atoms with Crippen LogP contribution in [0.25, 0.3) is 6.08 Å². The lowest BCUT2D eigenvalue weighted by Gasteiger charge is -2.04. The molecule has 0 fully saturated rings. The van der Waals surface area contributed by atoms with Gasteiger partial charge in [-0.3, -0.25) is 4.79 Å². The van der Waals surface area contributed by atoms with E-state index >= 15 is 0 Å². The van der Waals surface area contributed by atoms with Crippen LogP contribution in [0.1, 0.15) is 15.9 Å². The van der Waals surface area contributed by atoms with E-state index in [2.05, 4.69) is 0 Å². The molecule has 0 amide bonds. The van der Waals surface area contributed by atoms with E-state index in [0.29, 0.717) is 17.1 Å². The number of hydrogen-bond donors (Lipinski definition) is 2. The lowest BCUT2D eigenvalue weighted by molar-refractivity contribution is 0.104. The first-order valence-electron chi connectivity index (χ1n) is 6.51. The van der Waals surface area contributed by atoms with Gasteiger partial charge >= 0.3 is 0 Å². The van der Waals surface area contributed by atoms with E-state index in [9.17, 15) is 15.0 Å². The predicted octanol–water partition coefficient (Wildman–Crippen LogP) is 3.01. The first kappa shape index (κ1) is 15.4. The Kier molecular flexibility index (Phi) is 4.68. The van der Waals surface area contributed by atoms with Gasteiger partial charge in [0.2, 0.25) is 0 Å². The number of hydrogen-bond acceptors (Lipinski definition) is 5. The molecular weight excluding hydrogens is 284 g/mol. The molecule has 0 bridgehead atoms. The van der Waals surface area contributed by atoms with Crippen molar-refractivity contribution >= 4 is 11.9 Å². The minimum Gasteiger partial charge on any atom is -0.507 e. The van der Waals surface area contributed by atoms with E-state index in [-0.39, 0.29) is 22.8 Å². The molecule has 2 rings (SSSR count). The molecule has 0 atom stereocenters. The van der Waals surface area contributed by atoms with Gasteiger partial charge in [-0.25, -0.2) is 0 Å². The number of aromatic hydroxyl groups is 2. The van der Waals surface area contributed by atoms with Crippen molar-refractivity contribution in [1.82, 2.24) is 0 Å². The second kappa shape index (κ2) is 6.67. The molecule has 2 aromatic rings. The molecule has 0 aliphatic carbocycles. The fourth-order valence-electron chi connectivity index (χ4n) is 1.92. The Balaban J connectivity index is 2.19. The Bertz CT molecular complexity index is 719.